The molecule has 2 aromatic heterocycles. The number of anilines is 1. The number of nitrogen functional groups attached to an aromatic ring is 1. The molecule has 0 bridgehead atoms. The number of pyridine rings is 1. The fraction of sp³-hybridized carbons (Fsp3) is 0.300. The summed E-state index contributed by atoms with van der Waals surface area (Å²) < 4.78 is 28.5. The number of nitrogens with zero attached hydrogens (tertiary/aromatic N) is 4. The molecule has 2 rings (SSSR count). The van der Waals surface area contributed by atoms with Gasteiger partial charge in [0, 0.05) is 13.2 Å². The molecule has 0 fully saturated rings. The standard InChI is InChI=1S/C10H14N6O2S/c1-7(10-14-13-6-16(10)2)15-19(17,18)8-4-3-5-12-9(8)11/h3-7,15H,1-2H3,(H2,11,12). The van der Waals surface area contributed by atoms with Gasteiger partial charge in [-0.1, -0.05) is 0 Å². The molecule has 9 heteroatoms. The first-order valence-electron chi connectivity index (χ1n) is 5.48. The maximum atomic E-state index is 12.2. The fourth-order valence-corrected chi connectivity index (χ4v) is 2.95. The number of aromatic nitrogens is 4. The van der Waals surface area contributed by atoms with Crippen molar-refractivity contribution in [2.24, 2.45) is 7.05 Å². The lowest BCUT2D eigenvalue weighted by molar-refractivity contribution is 0.553. The Kier molecular flexibility index (Phi) is 3.49. The third kappa shape index (κ3) is 2.71. The van der Waals surface area contributed by atoms with Crippen LogP contribution in [0.5, 0.6) is 0 Å². The number of nitrogens with two attached hydrogens (primary N) is 1. The van der Waals surface area contributed by atoms with E-state index in [1.807, 2.05) is 0 Å². The number of nitrogens with one attached hydrogen (secondary N) is 1. The average Bonchev–Trinajstić information content (AvgIpc) is 2.75. The minimum absolute atomic E-state index is 0.0415. The Labute approximate surface area is 110 Å². The van der Waals surface area contributed by atoms with Crippen LogP contribution in [0.4, 0.5) is 5.82 Å². The molecule has 0 aliphatic rings. The summed E-state index contributed by atoms with van der Waals surface area (Å²) in [7, 11) is -2.02. The van der Waals surface area contributed by atoms with Gasteiger partial charge in [0.05, 0.1) is 6.04 Å². The highest BCUT2D eigenvalue weighted by Crippen LogP contribution is 2.18. The summed E-state index contributed by atoms with van der Waals surface area (Å²) in [4.78, 5) is 3.71. The Balaban J connectivity index is 2.28. The molecule has 0 saturated heterocycles. The molecule has 0 spiro atoms. The van der Waals surface area contributed by atoms with E-state index in [0.29, 0.717) is 5.82 Å². The maximum Gasteiger partial charge on any atom is 0.244 e. The van der Waals surface area contributed by atoms with E-state index in [0.717, 1.165) is 0 Å². The van der Waals surface area contributed by atoms with E-state index in [2.05, 4.69) is 19.9 Å². The van der Waals surface area contributed by atoms with Gasteiger partial charge in [-0.2, -0.15) is 0 Å². The van der Waals surface area contributed by atoms with Gasteiger partial charge in [-0.3, -0.25) is 0 Å². The van der Waals surface area contributed by atoms with Crippen molar-refractivity contribution in [2.75, 3.05) is 5.73 Å². The van der Waals surface area contributed by atoms with Crippen LogP contribution in [0.1, 0.15) is 18.8 Å². The Hall–Kier alpha value is -2.00. The summed E-state index contributed by atoms with van der Waals surface area (Å²) >= 11 is 0. The predicted octanol–water partition coefficient (Wildman–Crippen LogP) is -0.168. The van der Waals surface area contributed by atoms with Gasteiger partial charge in [-0.05, 0) is 19.1 Å². The van der Waals surface area contributed by atoms with Gasteiger partial charge in [-0.25, -0.2) is 18.1 Å². The second kappa shape index (κ2) is 4.94. The Bertz CT molecular complexity index is 681. The van der Waals surface area contributed by atoms with Gasteiger partial charge in [0.25, 0.3) is 0 Å². The molecule has 0 radical (unpaired) electrons. The minimum Gasteiger partial charge on any atom is -0.383 e. The van der Waals surface area contributed by atoms with E-state index in [9.17, 15) is 8.42 Å². The molecule has 0 aliphatic heterocycles. The fourth-order valence-electron chi connectivity index (χ4n) is 1.66. The molecule has 2 aromatic rings. The van der Waals surface area contributed by atoms with Gasteiger partial charge in [0.1, 0.15) is 22.9 Å². The Morgan fingerprint density at radius 1 is 1.47 bits per heavy atom. The first-order chi connectivity index (χ1) is 8.92. The zero-order valence-corrected chi connectivity index (χ0v) is 11.3. The molecule has 0 aromatic carbocycles. The lowest BCUT2D eigenvalue weighted by Crippen LogP contribution is -2.29. The first-order valence-corrected chi connectivity index (χ1v) is 6.97. The zero-order valence-electron chi connectivity index (χ0n) is 10.5. The largest absolute Gasteiger partial charge is 0.383 e. The van der Waals surface area contributed by atoms with Crippen molar-refractivity contribution in [3.05, 3.63) is 30.5 Å². The van der Waals surface area contributed by atoms with Crippen LogP contribution in [0.2, 0.25) is 0 Å². The monoisotopic (exact) mass is 282 g/mol. The predicted molar refractivity (Wildman–Crippen MR) is 68.4 cm³/mol. The molecule has 0 amide bonds. The second-order valence-electron chi connectivity index (χ2n) is 4.03. The molecule has 1 atom stereocenters. The highest BCUT2D eigenvalue weighted by atomic mass is 32.2. The van der Waals surface area contributed by atoms with E-state index in [1.54, 1.807) is 18.5 Å². The summed E-state index contributed by atoms with van der Waals surface area (Å²) in [6.07, 6.45) is 2.93. The van der Waals surface area contributed by atoms with Crippen molar-refractivity contribution in [2.45, 2.75) is 17.9 Å². The van der Waals surface area contributed by atoms with E-state index in [1.165, 1.54) is 24.7 Å². The summed E-state index contributed by atoms with van der Waals surface area (Å²) in [5.74, 6) is 0.464. The number of sulfonamides is 1. The quantitative estimate of drug-likeness (QED) is 0.804. The van der Waals surface area contributed by atoms with Crippen LogP contribution in [0.25, 0.3) is 0 Å². The van der Waals surface area contributed by atoms with E-state index >= 15 is 0 Å². The SMILES string of the molecule is CC(NS(=O)(=O)c1cccnc1N)c1nncn1C. The zero-order chi connectivity index (χ0) is 14.0. The van der Waals surface area contributed by atoms with Crippen molar-refractivity contribution in [3.8, 4) is 0 Å². The normalized spacial score (nSPS) is 13.4. The van der Waals surface area contributed by atoms with E-state index < -0.39 is 16.1 Å². The average molecular weight is 282 g/mol. The molecule has 3 N–H and O–H groups in total. The van der Waals surface area contributed by atoms with Crippen LogP contribution in [0.15, 0.2) is 29.6 Å². The number of hydrogen-bond donors (Lipinski definition) is 2. The molecule has 2 heterocycles. The molecule has 0 saturated carbocycles. The first kappa shape index (κ1) is 13.4. The van der Waals surface area contributed by atoms with Crippen LogP contribution in [-0.2, 0) is 17.1 Å². The third-order valence-corrected chi connectivity index (χ3v) is 4.14. The Morgan fingerprint density at radius 2 is 2.21 bits per heavy atom. The topological polar surface area (TPSA) is 116 Å². The maximum absolute atomic E-state index is 12.2. The highest BCUT2D eigenvalue weighted by molar-refractivity contribution is 7.89. The molecule has 0 aliphatic carbocycles. The van der Waals surface area contributed by atoms with E-state index in [-0.39, 0.29) is 10.7 Å². The van der Waals surface area contributed by atoms with Crippen LogP contribution in [0.3, 0.4) is 0 Å². The van der Waals surface area contributed by atoms with Gasteiger partial charge in [0.2, 0.25) is 10.0 Å². The van der Waals surface area contributed by atoms with Crippen molar-refractivity contribution >= 4 is 15.8 Å². The summed E-state index contributed by atoms with van der Waals surface area (Å²) in [6, 6.07) is 2.38. The molecular formula is C10H14N6O2S. The molecular weight excluding hydrogens is 268 g/mol. The molecule has 8 nitrogen and oxygen atoms in total. The smallest absolute Gasteiger partial charge is 0.244 e. The number of rotatable bonds is 4. The highest BCUT2D eigenvalue weighted by Gasteiger charge is 2.23. The molecule has 102 valence electrons. The van der Waals surface area contributed by atoms with Crippen LogP contribution in [-0.4, -0.2) is 28.2 Å². The Morgan fingerprint density at radius 3 is 2.79 bits per heavy atom. The summed E-state index contributed by atoms with van der Waals surface area (Å²) in [6.45, 7) is 1.67. The minimum atomic E-state index is -3.75. The molecule has 1 unspecified atom stereocenters. The second-order valence-corrected chi connectivity index (χ2v) is 5.71. The van der Waals surface area contributed by atoms with E-state index in [4.69, 9.17) is 5.73 Å². The van der Waals surface area contributed by atoms with Crippen molar-refractivity contribution in [3.63, 3.8) is 0 Å². The van der Waals surface area contributed by atoms with Gasteiger partial charge >= 0.3 is 0 Å². The van der Waals surface area contributed by atoms with Crippen molar-refractivity contribution in [1.29, 1.82) is 0 Å². The van der Waals surface area contributed by atoms with Crippen molar-refractivity contribution in [1.82, 2.24) is 24.5 Å². The van der Waals surface area contributed by atoms with Crippen molar-refractivity contribution < 1.29 is 8.42 Å². The van der Waals surface area contributed by atoms with Crippen LogP contribution < -0.4 is 10.5 Å². The third-order valence-electron chi connectivity index (χ3n) is 2.55. The number of hydrogen-bond acceptors (Lipinski definition) is 6. The lowest BCUT2D eigenvalue weighted by Gasteiger charge is -2.14. The van der Waals surface area contributed by atoms with Gasteiger partial charge in [-0.15, -0.1) is 10.2 Å². The molecule has 19 heavy (non-hydrogen) atoms. The van der Waals surface area contributed by atoms with Crippen LogP contribution >= 0.6 is 0 Å². The van der Waals surface area contributed by atoms with Gasteiger partial charge in [0.15, 0.2) is 0 Å². The summed E-state index contributed by atoms with van der Waals surface area (Å²) in [5.41, 5.74) is 5.57. The van der Waals surface area contributed by atoms with Crippen LogP contribution in [0, 0.1) is 0 Å². The van der Waals surface area contributed by atoms with Gasteiger partial charge < -0.3 is 10.3 Å². The number of aryl methyl sites for hydroxylation is 1. The lowest BCUT2D eigenvalue weighted by atomic mass is 10.3. The summed E-state index contributed by atoms with van der Waals surface area (Å²) in [5, 5.41) is 7.56.